The van der Waals surface area contributed by atoms with Gasteiger partial charge in [-0.25, -0.2) is 8.42 Å². The summed E-state index contributed by atoms with van der Waals surface area (Å²) in [7, 11) is -3.68. The maximum Gasteiger partial charge on any atom is 0.416 e. The molecule has 0 fully saturated rings. The van der Waals surface area contributed by atoms with Gasteiger partial charge in [0.15, 0.2) is 15.6 Å². The van der Waals surface area contributed by atoms with E-state index in [1.54, 1.807) is 6.92 Å². The van der Waals surface area contributed by atoms with E-state index >= 15 is 0 Å². The Morgan fingerprint density at radius 1 is 1.12 bits per heavy atom. The summed E-state index contributed by atoms with van der Waals surface area (Å²) in [5.41, 5.74) is 0.965. The van der Waals surface area contributed by atoms with E-state index in [0.29, 0.717) is 41.8 Å². The zero-order chi connectivity index (χ0) is 19.3. The predicted molar refractivity (Wildman–Crippen MR) is 90.7 cm³/mol. The van der Waals surface area contributed by atoms with Gasteiger partial charge in [0.05, 0.1) is 16.4 Å². The third-order valence-corrected chi connectivity index (χ3v) is 6.03. The van der Waals surface area contributed by atoms with Crippen LogP contribution < -0.4 is 5.32 Å². The smallest absolute Gasteiger partial charge is 0.361 e. The lowest BCUT2D eigenvalue weighted by Crippen LogP contribution is -2.33. The summed E-state index contributed by atoms with van der Waals surface area (Å²) in [6.45, 7) is 1.61. The van der Waals surface area contributed by atoms with Crippen molar-refractivity contribution in [1.29, 1.82) is 0 Å². The van der Waals surface area contributed by atoms with Crippen LogP contribution in [0.2, 0.25) is 0 Å². The van der Waals surface area contributed by atoms with Gasteiger partial charge in [-0.2, -0.15) is 13.2 Å². The molecule has 1 aliphatic carbocycles. The molecular formula is C18H18F3NO3S. The molecule has 8 heteroatoms. The van der Waals surface area contributed by atoms with Crippen molar-refractivity contribution in [1.82, 2.24) is 5.32 Å². The number of dihydropyridines is 1. The van der Waals surface area contributed by atoms with Gasteiger partial charge in [0.1, 0.15) is 0 Å². The first kappa shape index (κ1) is 18.7. The molecule has 26 heavy (non-hydrogen) atoms. The first-order valence-electron chi connectivity index (χ1n) is 8.11. The van der Waals surface area contributed by atoms with Crippen molar-refractivity contribution in [2.45, 2.75) is 38.3 Å². The maximum absolute atomic E-state index is 12.8. The SMILES string of the molecule is CC1=C(S(C)(=O)=O)C(c2ccc(C(F)(F)F)cc2)C2=C(CCCC2=O)N1. The second kappa shape index (κ2) is 6.26. The number of rotatable bonds is 2. The highest BCUT2D eigenvalue weighted by Crippen LogP contribution is 2.44. The van der Waals surface area contributed by atoms with Crippen LogP contribution in [0.3, 0.4) is 0 Å². The molecular weight excluding hydrogens is 367 g/mol. The number of allylic oxidation sites excluding steroid dienone is 4. The Labute approximate surface area is 149 Å². The minimum atomic E-state index is -4.48. The third kappa shape index (κ3) is 3.30. The van der Waals surface area contributed by atoms with E-state index in [0.717, 1.165) is 18.4 Å². The van der Waals surface area contributed by atoms with E-state index in [-0.39, 0.29) is 10.7 Å². The van der Waals surface area contributed by atoms with Crippen molar-refractivity contribution in [3.8, 4) is 0 Å². The van der Waals surface area contributed by atoms with Crippen LogP contribution >= 0.6 is 0 Å². The summed E-state index contributed by atoms with van der Waals surface area (Å²) in [6, 6.07) is 4.34. The highest BCUT2D eigenvalue weighted by atomic mass is 32.2. The molecule has 1 N–H and O–H groups in total. The summed E-state index contributed by atoms with van der Waals surface area (Å²) >= 11 is 0. The Bertz CT molecular complexity index is 925. The summed E-state index contributed by atoms with van der Waals surface area (Å²) < 4.78 is 63.3. The van der Waals surface area contributed by atoms with Crippen molar-refractivity contribution in [3.63, 3.8) is 0 Å². The Morgan fingerprint density at radius 3 is 2.27 bits per heavy atom. The highest BCUT2D eigenvalue weighted by Gasteiger charge is 2.40. The van der Waals surface area contributed by atoms with Gasteiger partial charge >= 0.3 is 6.18 Å². The number of nitrogens with one attached hydrogen (secondary N) is 1. The predicted octanol–water partition coefficient (Wildman–Crippen LogP) is 3.68. The number of halogens is 3. The molecule has 2 aliphatic rings. The minimum Gasteiger partial charge on any atom is -0.361 e. The Balaban J connectivity index is 2.19. The number of carbonyl (C=O) groups excluding carboxylic acids is 1. The quantitative estimate of drug-likeness (QED) is 0.844. The van der Waals surface area contributed by atoms with Crippen LogP contribution in [0, 0.1) is 0 Å². The first-order valence-corrected chi connectivity index (χ1v) is 10.0. The van der Waals surface area contributed by atoms with Crippen LogP contribution in [-0.4, -0.2) is 20.5 Å². The fraction of sp³-hybridized carbons (Fsp3) is 0.389. The average Bonchev–Trinajstić information content (AvgIpc) is 2.52. The van der Waals surface area contributed by atoms with Gasteiger partial charge in [-0.15, -0.1) is 0 Å². The van der Waals surface area contributed by atoms with Crippen LogP contribution in [0.1, 0.15) is 43.2 Å². The lowest BCUT2D eigenvalue weighted by atomic mass is 9.79. The average molecular weight is 385 g/mol. The molecule has 0 amide bonds. The molecule has 1 aliphatic heterocycles. The van der Waals surface area contributed by atoms with Crippen LogP contribution in [0.4, 0.5) is 13.2 Å². The molecule has 4 nitrogen and oxygen atoms in total. The van der Waals surface area contributed by atoms with Gasteiger partial charge in [0.25, 0.3) is 0 Å². The van der Waals surface area contributed by atoms with Crippen molar-refractivity contribution in [2.24, 2.45) is 0 Å². The normalized spacial score (nSPS) is 21.6. The zero-order valence-corrected chi connectivity index (χ0v) is 15.1. The number of hydrogen-bond acceptors (Lipinski definition) is 4. The van der Waals surface area contributed by atoms with Crippen molar-refractivity contribution in [2.75, 3.05) is 6.26 Å². The highest BCUT2D eigenvalue weighted by molar-refractivity contribution is 7.94. The van der Waals surface area contributed by atoms with E-state index in [9.17, 15) is 26.4 Å². The molecule has 1 unspecified atom stereocenters. The summed E-state index contributed by atoms with van der Waals surface area (Å²) in [5.74, 6) is -1.05. The van der Waals surface area contributed by atoms with Gasteiger partial charge in [0, 0.05) is 29.6 Å². The van der Waals surface area contributed by atoms with Gasteiger partial charge in [-0.05, 0) is 37.5 Å². The van der Waals surface area contributed by atoms with E-state index in [1.165, 1.54) is 12.1 Å². The number of sulfone groups is 1. The van der Waals surface area contributed by atoms with Crippen molar-refractivity contribution in [3.05, 3.63) is 57.3 Å². The fourth-order valence-corrected chi connectivity index (χ4v) is 4.93. The van der Waals surface area contributed by atoms with Crippen molar-refractivity contribution >= 4 is 15.6 Å². The molecule has 3 rings (SSSR count). The van der Waals surface area contributed by atoms with E-state index in [4.69, 9.17) is 0 Å². The number of benzene rings is 1. The topological polar surface area (TPSA) is 63.2 Å². The fourth-order valence-electron chi connectivity index (χ4n) is 3.64. The summed E-state index contributed by atoms with van der Waals surface area (Å²) in [6.07, 6.45) is -1.88. The first-order chi connectivity index (χ1) is 12.0. The molecule has 1 atom stereocenters. The van der Waals surface area contributed by atoms with Gasteiger partial charge in [0.2, 0.25) is 0 Å². The molecule has 0 bridgehead atoms. The number of alkyl halides is 3. The second-order valence-corrected chi connectivity index (χ2v) is 8.59. The lowest BCUT2D eigenvalue weighted by Gasteiger charge is -2.34. The van der Waals surface area contributed by atoms with Gasteiger partial charge < -0.3 is 5.32 Å². The molecule has 0 aromatic heterocycles. The summed E-state index contributed by atoms with van der Waals surface area (Å²) in [5, 5.41) is 3.02. The van der Waals surface area contributed by atoms with E-state index in [1.807, 2.05) is 0 Å². The molecule has 140 valence electrons. The van der Waals surface area contributed by atoms with Crippen LogP contribution in [0.25, 0.3) is 0 Å². The standard InChI is InChI=1S/C18H18F3NO3S/c1-10-17(26(2,24)25)15(16-13(22-10)4-3-5-14(16)23)11-6-8-12(9-7-11)18(19,20)21/h6-9,15,22H,3-5H2,1-2H3. The number of hydrogen-bond donors (Lipinski definition) is 1. The molecule has 1 aromatic rings. The molecule has 0 radical (unpaired) electrons. The largest absolute Gasteiger partial charge is 0.416 e. The number of Topliss-reactive ketones (excluding diaryl/α,β-unsaturated/α-hetero) is 1. The molecule has 1 heterocycles. The monoisotopic (exact) mass is 385 g/mol. The Hall–Kier alpha value is -2.09. The second-order valence-electron chi connectivity index (χ2n) is 6.61. The van der Waals surface area contributed by atoms with Crippen LogP contribution in [0.5, 0.6) is 0 Å². The summed E-state index contributed by atoms with van der Waals surface area (Å²) in [4.78, 5) is 12.6. The van der Waals surface area contributed by atoms with Crippen LogP contribution in [-0.2, 0) is 20.8 Å². The lowest BCUT2D eigenvalue weighted by molar-refractivity contribution is -0.137. The number of carbonyl (C=O) groups is 1. The number of ketones is 1. The van der Waals surface area contributed by atoms with Gasteiger partial charge in [-0.3, -0.25) is 4.79 Å². The zero-order valence-electron chi connectivity index (χ0n) is 14.3. The van der Waals surface area contributed by atoms with Crippen molar-refractivity contribution < 1.29 is 26.4 Å². The Morgan fingerprint density at radius 2 is 1.73 bits per heavy atom. The third-order valence-electron chi connectivity index (χ3n) is 4.69. The molecule has 0 saturated heterocycles. The minimum absolute atomic E-state index is 0.0336. The van der Waals surface area contributed by atoms with Gasteiger partial charge in [-0.1, -0.05) is 12.1 Å². The molecule has 0 spiro atoms. The van der Waals surface area contributed by atoms with E-state index in [2.05, 4.69) is 5.32 Å². The molecule has 1 aromatic carbocycles. The molecule has 0 saturated carbocycles. The Kier molecular flexibility index (Phi) is 4.50. The van der Waals surface area contributed by atoms with Crippen LogP contribution in [0.15, 0.2) is 46.1 Å². The maximum atomic E-state index is 12.8. The van der Waals surface area contributed by atoms with E-state index < -0.39 is 27.5 Å².